The van der Waals surface area contributed by atoms with Gasteiger partial charge in [-0.25, -0.2) is 19.6 Å². The number of carbonyl (C=O) groups is 2. The van der Waals surface area contributed by atoms with Gasteiger partial charge < -0.3 is 33.2 Å². The van der Waals surface area contributed by atoms with Crippen molar-refractivity contribution < 1.29 is 33.0 Å². The zero-order chi connectivity index (χ0) is 33.7. The van der Waals surface area contributed by atoms with E-state index >= 15 is 0 Å². The largest absolute Gasteiger partial charge is 0.459 e. The van der Waals surface area contributed by atoms with Gasteiger partial charge in [0, 0.05) is 37.4 Å². The Labute approximate surface area is 283 Å². The number of amides is 1. The molecule has 0 N–H and O–H groups in total. The van der Waals surface area contributed by atoms with Crippen LogP contribution >= 0.6 is 0 Å². The summed E-state index contributed by atoms with van der Waals surface area (Å²) in [5.41, 5.74) is 2.86. The number of furan rings is 1. The number of anilines is 1. The molecular weight excluding hydrogens is 628 g/mol. The van der Waals surface area contributed by atoms with Crippen LogP contribution in [-0.4, -0.2) is 87.1 Å². The predicted molar refractivity (Wildman–Crippen MR) is 181 cm³/mol. The van der Waals surface area contributed by atoms with Gasteiger partial charge in [0.1, 0.15) is 35.5 Å². The average Bonchev–Trinajstić information content (AvgIpc) is 3.78. The third-order valence-corrected chi connectivity index (χ3v) is 9.27. The van der Waals surface area contributed by atoms with E-state index in [4.69, 9.17) is 38.3 Å². The van der Waals surface area contributed by atoms with Gasteiger partial charge in [-0.15, -0.1) is 0 Å². The maximum absolute atomic E-state index is 13.9. The number of rotatable bonds is 1. The zero-order valence-corrected chi connectivity index (χ0v) is 28.0. The van der Waals surface area contributed by atoms with E-state index in [2.05, 4.69) is 4.57 Å². The molecule has 2 aromatic carbocycles. The molecule has 9 rings (SSSR count). The molecular formula is C36H40N6O7. The summed E-state index contributed by atoms with van der Waals surface area (Å²) in [6.07, 6.45) is 1.58. The second kappa shape index (κ2) is 12.5. The first-order valence-corrected chi connectivity index (χ1v) is 17.0. The van der Waals surface area contributed by atoms with Crippen LogP contribution in [0.4, 0.5) is 10.6 Å². The molecule has 7 heterocycles. The van der Waals surface area contributed by atoms with E-state index in [9.17, 15) is 9.59 Å². The molecule has 2 fully saturated rings. The summed E-state index contributed by atoms with van der Waals surface area (Å²) in [6.45, 7) is 7.76. The lowest BCUT2D eigenvalue weighted by Gasteiger charge is -2.33. The van der Waals surface area contributed by atoms with Crippen LogP contribution in [0.5, 0.6) is 6.01 Å². The maximum Gasteiger partial charge on any atom is 0.409 e. The molecule has 0 spiro atoms. The van der Waals surface area contributed by atoms with Gasteiger partial charge in [0.2, 0.25) is 0 Å². The fraction of sp³-hybridized carbons (Fsp3) is 0.472. The summed E-state index contributed by atoms with van der Waals surface area (Å²) in [4.78, 5) is 45.2. The minimum atomic E-state index is -0.706. The van der Waals surface area contributed by atoms with Crippen molar-refractivity contribution in [1.29, 1.82) is 0 Å². The Kier molecular flexibility index (Phi) is 8.01. The molecule has 13 nitrogen and oxygen atoms in total. The van der Waals surface area contributed by atoms with Crippen molar-refractivity contribution in [3.63, 3.8) is 0 Å². The first kappa shape index (κ1) is 31.4. The minimum absolute atomic E-state index is 0.0594. The van der Waals surface area contributed by atoms with E-state index in [1.165, 1.54) is 0 Å². The molecule has 0 aliphatic carbocycles. The molecule has 2 saturated heterocycles. The molecule has 0 radical (unpaired) electrons. The van der Waals surface area contributed by atoms with Crippen LogP contribution < -0.4 is 9.64 Å². The molecule has 0 saturated carbocycles. The highest BCUT2D eigenvalue weighted by atomic mass is 16.6. The van der Waals surface area contributed by atoms with Gasteiger partial charge in [0.05, 0.1) is 30.8 Å². The topological polar surface area (TPSA) is 134 Å². The molecule has 4 aliphatic heterocycles. The van der Waals surface area contributed by atoms with E-state index in [0.29, 0.717) is 73.4 Å². The van der Waals surface area contributed by atoms with Gasteiger partial charge >= 0.3 is 12.1 Å². The van der Waals surface area contributed by atoms with Crippen LogP contribution in [0.25, 0.3) is 33.1 Å². The minimum Gasteiger partial charge on any atom is -0.459 e. The van der Waals surface area contributed by atoms with Crippen molar-refractivity contribution in [2.75, 3.05) is 37.7 Å². The SMILES string of the molecule is CC(C)(C)OC(=O)[C@@H]1C[C@H]2CN1c1nc(nc3c1oc1ccccc13)COCCCOC(=O)N1CCC(CC1)n1c(nc3ccccc31)O2. The van der Waals surface area contributed by atoms with E-state index in [1.807, 2.05) is 74.2 Å². The fourth-order valence-corrected chi connectivity index (χ4v) is 7.08. The quantitative estimate of drug-likeness (QED) is 0.201. The average molecular weight is 669 g/mol. The number of hydrogen-bond donors (Lipinski definition) is 0. The highest BCUT2D eigenvalue weighted by molar-refractivity contribution is 6.06. The van der Waals surface area contributed by atoms with E-state index in [1.54, 1.807) is 4.90 Å². The van der Waals surface area contributed by atoms with Crippen molar-refractivity contribution in [2.24, 2.45) is 0 Å². The number of imidazole rings is 1. The molecule has 0 unspecified atom stereocenters. The molecule has 3 aromatic heterocycles. The second-order valence-corrected chi connectivity index (χ2v) is 13.9. The fourth-order valence-electron chi connectivity index (χ4n) is 7.08. The number of piperidine rings is 1. The normalized spacial score (nSPS) is 22.3. The van der Waals surface area contributed by atoms with Crippen molar-refractivity contribution in [2.45, 2.75) is 76.9 Å². The number of para-hydroxylation sites is 3. The number of esters is 1. The first-order chi connectivity index (χ1) is 23.7. The summed E-state index contributed by atoms with van der Waals surface area (Å²) < 4.78 is 32.8. The Morgan fingerprint density at radius 3 is 2.61 bits per heavy atom. The van der Waals surface area contributed by atoms with Crippen LogP contribution in [0.15, 0.2) is 52.9 Å². The zero-order valence-electron chi connectivity index (χ0n) is 28.0. The highest BCUT2D eigenvalue weighted by Gasteiger charge is 2.43. The summed E-state index contributed by atoms with van der Waals surface area (Å²) in [7, 11) is 0. The summed E-state index contributed by atoms with van der Waals surface area (Å²) >= 11 is 0. The Hall–Kier alpha value is -4.91. The number of benzene rings is 2. The molecule has 1 amide bonds. The molecule has 256 valence electrons. The molecule has 2 atom stereocenters. The van der Waals surface area contributed by atoms with Crippen LogP contribution in [0.1, 0.15) is 58.3 Å². The van der Waals surface area contributed by atoms with Crippen LogP contribution in [-0.2, 0) is 25.6 Å². The molecule has 4 aliphatic rings. The lowest BCUT2D eigenvalue weighted by Crippen LogP contribution is -2.41. The number of ether oxygens (including phenoxy) is 4. The van der Waals surface area contributed by atoms with E-state index in [0.717, 1.165) is 29.3 Å². The third-order valence-electron chi connectivity index (χ3n) is 9.27. The lowest BCUT2D eigenvalue weighted by molar-refractivity contribution is -0.156. The van der Waals surface area contributed by atoms with Crippen LogP contribution in [0.2, 0.25) is 0 Å². The Morgan fingerprint density at radius 1 is 0.980 bits per heavy atom. The van der Waals surface area contributed by atoms with Crippen LogP contribution in [0, 0.1) is 0 Å². The predicted octanol–water partition coefficient (Wildman–Crippen LogP) is 5.79. The van der Waals surface area contributed by atoms with Gasteiger partial charge in [-0.2, -0.15) is 4.98 Å². The van der Waals surface area contributed by atoms with Crippen molar-refractivity contribution in [3.8, 4) is 6.01 Å². The first-order valence-electron chi connectivity index (χ1n) is 17.0. The van der Waals surface area contributed by atoms with E-state index in [-0.39, 0.29) is 31.3 Å². The van der Waals surface area contributed by atoms with E-state index < -0.39 is 17.7 Å². The summed E-state index contributed by atoms with van der Waals surface area (Å²) in [6, 6.07) is 15.5. The van der Waals surface area contributed by atoms with Crippen LogP contribution in [0.3, 0.4) is 0 Å². The number of fused-ring (bicyclic) bond motifs is 12. The van der Waals surface area contributed by atoms with Gasteiger partial charge in [-0.05, 0) is 57.9 Å². The van der Waals surface area contributed by atoms with Gasteiger partial charge in [-0.1, -0.05) is 24.3 Å². The summed E-state index contributed by atoms with van der Waals surface area (Å²) in [5, 5.41) is 0.836. The van der Waals surface area contributed by atoms with Gasteiger partial charge in [-0.3, -0.25) is 4.57 Å². The van der Waals surface area contributed by atoms with Gasteiger partial charge in [0.15, 0.2) is 17.2 Å². The van der Waals surface area contributed by atoms with Crippen molar-refractivity contribution in [1.82, 2.24) is 24.4 Å². The van der Waals surface area contributed by atoms with Crippen molar-refractivity contribution >= 4 is 51.0 Å². The number of carbonyl (C=O) groups excluding carboxylic acids is 2. The molecule has 49 heavy (non-hydrogen) atoms. The standard InChI is InChI=1S/C36H40N6O7/c1-36(2,3)49-33(43)27-19-23-20-41(27)32-31-30(24-9-4-7-12-28(24)48-31)38-29(39-32)21-45-17-8-18-46-35(44)40-15-13-22(14-16-40)42-26-11-6-5-10-25(26)37-34(42)47-23/h4-7,9-12,22-23,27H,8,13-21H2,1-3H3/t23-,27-/m0/s1. The Balaban J connectivity index is 1.23. The Morgan fingerprint density at radius 2 is 1.78 bits per heavy atom. The van der Waals surface area contributed by atoms with Gasteiger partial charge in [0.25, 0.3) is 6.01 Å². The number of hydrogen-bond acceptors (Lipinski definition) is 11. The van der Waals surface area contributed by atoms with Crippen molar-refractivity contribution in [3.05, 3.63) is 54.4 Å². The Bertz CT molecular complexity index is 2030. The second-order valence-electron chi connectivity index (χ2n) is 13.9. The maximum atomic E-state index is 13.9. The highest BCUT2D eigenvalue weighted by Crippen LogP contribution is 2.39. The smallest absolute Gasteiger partial charge is 0.409 e. The number of nitrogens with zero attached hydrogens (tertiary/aromatic N) is 6. The molecule has 6 bridgehead atoms. The number of aromatic nitrogens is 4. The molecule has 5 aromatic rings. The monoisotopic (exact) mass is 668 g/mol. The third kappa shape index (κ3) is 6.11. The molecule has 13 heteroatoms. The lowest BCUT2D eigenvalue weighted by atomic mass is 10.0. The summed E-state index contributed by atoms with van der Waals surface area (Å²) in [5.74, 6) is 0.548.